The van der Waals surface area contributed by atoms with E-state index in [0.29, 0.717) is 26.3 Å². The molecule has 3 heterocycles. The number of ether oxygens (including phenoxy) is 2. The third-order valence-electron chi connectivity index (χ3n) is 7.15. The lowest BCUT2D eigenvalue weighted by Crippen LogP contribution is -2.47. The van der Waals surface area contributed by atoms with E-state index in [1.165, 1.54) is 0 Å². The van der Waals surface area contributed by atoms with E-state index in [9.17, 15) is 4.79 Å². The van der Waals surface area contributed by atoms with Gasteiger partial charge in [0.1, 0.15) is 5.75 Å². The van der Waals surface area contributed by atoms with Crippen LogP contribution in [0.1, 0.15) is 36.9 Å². The van der Waals surface area contributed by atoms with E-state index in [2.05, 4.69) is 32.5 Å². The molecule has 1 saturated carbocycles. The highest BCUT2D eigenvalue weighted by atomic mass is 16.5. The Morgan fingerprint density at radius 1 is 1.19 bits per heavy atom. The number of carbonyl (C=O) groups excluding carboxylic acids is 1. The van der Waals surface area contributed by atoms with Crippen LogP contribution in [0.25, 0.3) is 5.52 Å². The molecule has 168 valence electrons. The molecule has 3 aromatic rings. The van der Waals surface area contributed by atoms with Crippen LogP contribution in [-0.2, 0) is 21.4 Å². The van der Waals surface area contributed by atoms with Gasteiger partial charge in [-0.1, -0.05) is 25.0 Å². The van der Waals surface area contributed by atoms with Gasteiger partial charge < -0.3 is 18.8 Å². The van der Waals surface area contributed by atoms with Crippen LogP contribution in [0.5, 0.6) is 5.75 Å². The van der Waals surface area contributed by atoms with Crippen LogP contribution in [0.4, 0.5) is 0 Å². The first-order chi connectivity index (χ1) is 15.7. The van der Waals surface area contributed by atoms with Gasteiger partial charge in [-0.2, -0.15) is 0 Å². The lowest BCUT2D eigenvalue weighted by atomic mass is 9.77. The lowest BCUT2D eigenvalue weighted by molar-refractivity contribution is -0.137. The molecular formula is C26H31N3O3. The normalized spacial score (nSPS) is 20.9. The molecule has 1 aromatic carbocycles. The molecule has 5 rings (SSSR count). The van der Waals surface area contributed by atoms with Crippen LogP contribution < -0.4 is 4.74 Å². The molecular weight excluding hydrogens is 402 g/mol. The molecule has 0 bridgehead atoms. The minimum absolute atomic E-state index is 0.226. The molecule has 0 spiro atoms. The molecule has 1 amide bonds. The largest absolute Gasteiger partial charge is 0.497 e. The van der Waals surface area contributed by atoms with Crippen molar-refractivity contribution < 1.29 is 14.3 Å². The van der Waals surface area contributed by atoms with Gasteiger partial charge in [-0.15, -0.1) is 0 Å². The number of rotatable bonds is 5. The van der Waals surface area contributed by atoms with Gasteiger partial charge in [0.15, 0.2) is 0 Å². The maximum absolute atomic E-state index is 14.0. The summed E-state index contributed by atoms with van der Waals surface area (Å²) in [5, 5.41) is 0. The Kier molecular flexibility index (Phi) is 5.87. The van der Waals surface area contributed by atoms with Crippen molar-refractivity contribution in [1.82, 2.24) is 14.3 Å². The van der Waals surface area contributed by atoms with Gasteiger partial charge in [-0.3, -0.25) is 9.78 Å². The number of benzene rings is 1. The van der Waals surface area contributed by atoms with E-state index in [-0.39, 0.29) is 11.8 Å². The van der Waals surface area contributed by atoms with E-state index < -0.39 is 5.41 Å². The first kappa shape index (κ1) is 21.0. The summed E-state index contributed by atoms with van der Waals surface area (Å²) >= 11 is 0. The zero-order valence-corrected chi connectivity index (χ0v) is 18.7. The van der Waals surface area contributed by atoms with Crippen molar-refractivity contribution in [2.45, 2.75) is 37.5 Å². The zero-order valence-electron chi connectivity index (χ0n) is 18.7. The van der Waals surface area contributed by atoms with Crippen molar-refractivity contribution in [3.63, 3.8) is 0 Å². The Morgan fingerprint density at radius 3 is 2.78 bits per heavy atom. The maximum Gasteiger partial charge on any atom is 0.233 e. The van der Waals surface area contributed by atoms with Crippen molar-refractivity contribution in [1.29, 1.82) is 0 Å². The van der Waals surface area contributed by atoms with Gasteiger partial charge in [0, 0.05) is 37.6 Å². The van der Waals surface area contributed by atoms with E-state index in [1.54, 1.807) is 7.11 Å². The smallest absolute Gasteiger partial charge is 0.233 e. The molecule has 6 nitrogen and oxygen atoms in total. The number of amides is 1. The molecule has 1 saturated heterocycles. The van der Waals surface area contributed by atoms with Gasteiger partial charge in [0.05, 0.1) is 36.9 Å². The fraction of sp³-hybridized carbons (Fsp3) is 0.462. The molecule has 2 fully saturated rings. The number of aromatic nitrogens is 2. The third kappa shape index (κ3) is 3.88. The van der Waals surface area contributed by atoms with E-state index in [0.717, 1.165) is 54.6 Å². The molecule has 2 aliphatic rings. The van der Waals surface area contributed by atoms with Gasteiger partial charge in [-0.05, 0) is 49.1 Å². The molecule has 2 aromatic heterocycles. The van der Waals surface area contributed by atoms with Crippen LogP contribution in [0.15, 0.2) is 55.0 Å². The summed E-state index contributed by atoms with van der Waals surface area (Å²) in [4.78, 5) is 20.7. The lowest BCUT2D eigenvalue weighted by Gasteiger charge is -2.35. The molecule has 0 radical (unpaired) electrons. The number of hydrogen-bond donors (Lipinski definition) is 0. The number of carbonyl (C=O) groups is 1. The first-order valence-corrected chi connectivity index (χ1v) is 11.6. The average molecular weight is 434 g/mol. The average Bonchev–Trinajstić information content (AvgIpc) is 3.46. The highest BCUT2D eigenvalue weighted by Gasteiger charge is 2.45. The Morgan fingerprint density at radius 2 is 2.00 bits per heavy atom. The first-order valence-electron chi connectivity index (χ1n) is 11.6. The summed E-state index contributed by atoms with van der Waals surface area (Å²) in [6, 6.07) is 12.2. The van der Waals surface area contributed by atoms with Gasteiger partial charge in [0.25, 0.3) is 0 Å². The fourth-order valence-electron chi connectivity index (χ4n) is 5.47. The summed E-state index contributed by atoms with van der Waals surface area (Å²) in [5.74, 6) is 1.30. The summed E-state index contributed by atoms with van der Waals surface area (Å²) < 4.78 is 13.4. The maximum atomic E-state index is 14.0. The van der Waals surface area contributed by atoms with Gasteiger partial charge in [0.2, 0.25) is 5.91 Å². The predicted octanol–water partition coefficient (Wildman–Crippen LogP) is 3.87. The van der Waals surface area contributed by atoms with E-state index >= 15 is 0 Å². The van der Waals surface area contributed by atoms with Crippen LogP contribution in [0.3, 0.4) is 0 Å². The fourth-order valence-corrected chi connectivity index (χ4v) is 5.47. The highest BCUT2D eigenvalue weighted by molar-refractivity contribution is 5.88. The summed E-state index contributed by atoms with van der Waals surface area (Å²) in [6.07, 6.45) is 10.6. The summed E-state index contributed by atoms with van der Waals surface area (Å²) in [5.41, 5.74) is 2.87. The van der Waals surface area contributed by atoms with Gasteiger partial charge in [-0.25, -0.2) is 0 Å². The SMILES string of the molecule is COc1ccc(C2(C(=O)N3CCOC[C@H](Cc4nccn5cccc45)C3)CCCC2)cc1. The highest BCUT2D eigenvalue weighted by Crippen LogP contribution is 2.43. The quantitative estimate of drug-likeness (QED) is 0.613. The molecule has 0 unspecified atom stereocenters. The van der Waals surface area contributed by atoms with E-state index in [1.807, 2.05) is 36.8 Å². The van der Waals surface area contributed by atoms with Crippen molar-refractivity contribution in [3.05, 3.63) is 66.2 Å². The predicted molar refractivity (Wildman–Crippen MR) is 123 cm³/mol. The van der Waals surface area contributed by atoms with Crippen LogP contribution >= 0.6 is 0 Å². The number of hydrogen-bond acceptors (Lipinski definition) is 4. The summed E-state index contributed by atoms with van der Waals surface area (Å²) in [6.45, 7) is 2.60. The minimum atomic E-state index is -0.430. The topological polar surface area (TPSA) is 56.1 Å². The van der Waals surface area contributed by atoms with Crippen molar-refractivity contribution >= 4 is 11.4 Å². The molecule has 32 heavy (non-hydrogen) atoms. The van der Waals surface area contributed by atoms with Crippen LogP contribution in [-0.4, -0.2) is 53.6 Å². The second-order valence-electron chi connectivity index (χ2n) is 9.09. The standard InChI is InChI=1S/C26H31N3O3/c1-31-22-8-6-21(7-9-22)26(10-2-3-11-26)25(30)29-15-16-32-19-20(18-29)17-23-24-5-4-13-28(24)14-12-27-23/h4-9,12-14,20H,2-3,10-11,15-19H2,1H3/t20-/m1/s1. The molecule has 1 aliphatic heterocycles. The number of methoxy groups -OCH3 is 1. The minimum Gasteiger partial charge on any atom is -0.497 e. The van der Waals surface area contributed by atoms with Crippen molar-refractivity contribution in [2.24, 2.45) is 5.92 Å². The van der Waals surface area contributed by atoms with Crippen molar-refractivity contribution in [2.75, 3.05) is 33.4 Å². The second-order valence-corrected chi connectivity index (χ2v) is 9.09. The Hall–Kier alpha value is -2.86. The van der Waals surface area contributed by atoms with E-state index in [4.69, 9.17) is 9.47 Å². The van der Waals surface area contributed by atoms with Crippen LogP contribution in [0, 0.1) is 5.92 Å². The third-order valence-corrected chi connectivity index (χ3v) is 7.15. The Bertz CT molecular complexity index is 1070. The number of nitrogens with zero attached hydrogens (tertiary/aromatic N) is 3. The Labute approximate surface area is 189 Å². The van der Waals surface area contributed by atoms with Crippen LogP contribution in [0.2, 0.25) is 0 Å². The number of fused-ring (bicyclic) bond motifs is 1. The molecule has 1 aliphatic carbocycles. The Balaban J connectivity index is 1.38. The monoisotopic (exact) mass is 433 g/mol. The summed E-state index contributed by atoms with van der Waals surface area (Å²) in [7, 11) is 1.67. The van der Waals surface area contributed by atoms with Crippen molar-refractivity contribution in [3.8, 4) is 5.75 Å². The second kappa shape index (κ2) is 8.94. The zero-order chi connectivity index (χ0) is 22.0. The molecule has 6 heteroatoms. The van der Waals surface area contributed by atoms with Gasteiger partial charge >= 0.3 is 0 Å². The molecule has 0 N–H and O–H groups in total. The molecule has 1 atom stereocenters.